The lowest BCUT2D eigenvalue weighted by Gasteiger charge is -2.12. The number of nitrogens with one attached hydrogen (secondary N) is 1. The van der Waals surface area contributed by atoms with Crippen LogP contribution >= 0.6 is 11.8 Å². The van der Waals surface area contributed by atoms with E-state index in [0.717, 1.165) is 11.3 Å². The highest BCUT2D eigenvalue weighted by atomic mass is 32.2. The third-order valence-corrected chi connectivity index (χ3v) is 3.79. The van der Waals surface area contributed by atoms with E-state index < -0.39 is 6.61 Å². The predicted octanol–water partition coefficient (Wildman–Crippen LogP) is 3.01. The van der Waals surface area contributed by atoms with Gasteiger partial charge in [-0.15, -0.1) is 11.8 Å². The molecule has 88 valence electrons. The summed E-state index contributed by atoms with van der Waals surface area (Å²) in [6.45, 7) is -0.633. The summed E-state index contributed by atoms with van der Waals surface area (Å²) in [5, 5.41) is 3.66. The summed E-state index contributed by atoms with van der Waals surface area (Å²) in [5.74, 6) is 1.27. The maximum absolute atomic E-state index is 11.9. The Kier molecular flexibility index (Phi) is 3.66. The molecule has 1 fully saturated rings. The minimum Gasteiger partial charge on any atom is -0.435 e. The fourth-order valence-corrected chi connectivity index (χ4v) is 2.87. The molecule has 0 radical (unpaired) electrons. The van der Waals surface area contributed by atoms with E-state index in [1.54, 1.807) is 12.1 Å². The van der Waals surface area contributed by atoms with Gasteiger partial charge in [-0.1, -0.05) is 12.1 Å². The highest BCUT2D eigenvalue weighted by Crippen LogP contribution is 2.33. The van der Waals surface area contributed by atoms with Crippen molar-refractivity contribution in [2.24, 2.45) is 0 Å². The fraction of sp³-hybridized carbons (Fsp3) is 0.455. The Hall–Kier alpha value is -0.810. The highest BCUT2D eigenvalue weighted by Gasteiger charge is 2.22. The lowest BCUT2D eigenvalue weighted by Crippen LogP contribution is -2.21. The molecular weight excluding hydrogens is 232 g/mol. The molecule has 0 saturated carbocycles. The van der Waals surface area contributed by atoms with E-state index in [1.807, 2.05) is 23.9 Å². The molecule has 0 amide bonds. The van der Waals surface area contributed by atoms with Gasteiger partial charge in [0, 0.05) is 11.8 Å². The molecule has 1 aliphatic heterocycles. The zero-order valence-corrected chi connectivity index (χ0v) is 9.64. The van der Waals surface area contributed by atoms with Crippen molar-refractivity contribution in [2.75, 3.05) is 5.75 Å². The standard InChI is InChI=1S/C11H13F2NOS/c1-7-6-16-10(14-7)8-2-4-9(5-3-8)15-11(12)13/h2-5,7,10-11,14H,6H2,1H3. The van der Waals surface area contributed by atoms with Gasteiger partial charge in [0.2, 0.25) is 0 Å². The Balaban J connectivity index is 2.02. The first-order valence-electron chi connectivity index (χ1n) is 5.07. The number of halogens is 2. The summed E-state index contributed by atoms with van der Waals surface area (Å²) in [6.07, 6.45) is 0. The maximum Gasteiger partial charge on any atom is 0.387 e. The molecule has 2 nitrogen and oxygen atoms in total. The van der Waals surface area contributed by atoms with E-state index in [0.29, 0.717) is 6.04 Å². The van der Waals surface area contributed by atoms with Crippen molar-refractivity contribution in [3.63, 3.8) is 0 Å². The number of benzene rings is 1. The third kappa shape index (κ3) is 2.86. The van der Waals surface area contributed by atoms with Gasteiger partial charge in [0.25, 0.3) is 0 Å². The number of ether oxygens (including phenoxy) is 1. The average Bonchev–Trinajstić information content (AvgIpc) is 2.65. The van der Waals surface area contributed by atoms with Crippen LogP contribution in [-0.4, -0.2) is 18.4 Å². The van der Waals surface area contributed by atoms with E-state index in [-0.39, 0.29) is 11.1 Å². The molecule has 1 saturated heterocycles. The first kappa shape index (κ1) is 11.7. The molecule has 0 aromatic heterocycles. The molecule has 16 heavy (non-hydrogen) atoms. The van der Waals surface area contributed by atoms with Crippen LogP contribution < -0.4 is 10.1 Å². The number of hydrogen-bond donors (Lipinski definition) is 1. The van der Waals surface area contributed by atoms with E-state index in [4.69, 9.17) is 0 Å². The van der Waals surface area contributed by atoms with Crippen molar-refractivity contribution < 1.29 is 13.5 Å². The summed E-state index contributed by atoms with van der Waals surface area (Å²) < 4.78 is 28.2. The van der Waals surface area contributed by atoms with Crippen LogP contribution in [0.25, 0.3) is 0 Å². The third-order valence-electron chi connectivity index (χ3n) is 2.36. The van der Waals surface area contributed by atoms with Crippen LogP contribution in [0.2, 0.25) is 0 Å². The van der Waals surface area contributed by atoms with Gasteiger partial charge < -0.3 is 4.74 Å². The summed E-state index contributed by atoms with van der Waals surface area (Å²) >= 11 is 1.82. The van der Waals surface area contributed by atoms with Gasteiger partial charge in [-0.25, -0.2) is 0 Å². The normalized spacial score (nSPS) is 25.0. The molecule has 1 heterocycles. The van der Waals surface area contributed by atoms with Crippen molar-refractivity contribution in [1.82, 2.24) is 5.32 Å². The number of thioether (sulfide) groups is 1. The van der Waals surface area contributed by atoms with Crippen LogP contribution in [0, 0.1) is 0 Å². The minimum atomic E-state index is -2.76. The van der Waals surface area contributed by atoms with Crippen molar-refractivity contribution >= 4 is 11.8 Å². The van der Waals surface area contributed by atoms with Crippen molar-refractivity contribution in [1.29, 1.82) is 0 Å². The van der Waals surface area contributed by atoms with Crippen LogP contribution in [0.1, 0.15) is 17.9 Å². The molecule has 0 aliphatic carbocycles. The molecule has 5 heteroatoms. The van der Waals surface area contributed by atoms with Crippen LogP contribution in [0.15, 0.2) is 24.3 Å². The summed E-state index contributed by atoms with van der Waals surface area (Å²) in [5.41, 5.74) is 1.09. The summed E-state index contributed by atoms with van der Waals surface area (Å²) in [6, 6.07) is 7.28. The number of hydrogen-bond acceptors (Lipinski definition) is 3. The van der Waals surface area contributed by atoms with E-state index in [1.165, 1.54) is 0 Å². The Morgan fingerprint density at radius 1 is 1.38 bits per heavy atom. The van der Waals surface area contributed by atoms with Crippen LogP contribution in [0.4, 0.5) is 8.78 Å². The summed E-state index contributed by atoms with van der Waals surface area (Å²) in [4.78, 5) is 0. The van der Waals surface area contributed by atoms with Crippen molar-refractivity contribution in [2.45, 2.75) is 25.0 Å². The lowest BCUT2D eigenvalue weighted by molar-refractivity contribution is -0.0498. The Labute approximate surface area is 97.4 Å². The minimum absolute atomic E-state index is 0.204. The molecule has 1 aromatic carbocycles. The monoisotopic (exact) mass is 245 g/mol. The molecule has 2 atom stereocenters. The highest BCUT2D eigenvalue weighted by molar-refractivity contribution is 7.99. The molecule has 1 aromatic rings. The van der Waals surface area contributed by atoms with Crippen molar-refractivity contribution in [3.8, 4) is 5.75 Å². The molecule has 1 N–H and O–H groups in total. The lowest BCUT2D eigenvalue weighted by atomic mass is 10.2. The Bertz CT molecular complexity index is 344. The predicted molar refractivity (Wildman–Crippen MR) is 60.9 cm³/mol. The molecule has 0 bridgehead atoms. The molecule has 2 rings (SSSR count). The van der Waals surface area contributed by atoms with Crippen LogP contribution in [0.3, 0.4) is 0 Å². The zero-order chi connectivity index (χ0) is 11.5. The van der Waals surface area contributed by atoms with Gasteiger partial charge in [0.1, 0.15) is 5.75 Å². The SMILES string of the molecule is CC1CSC(c2ccc(OC(F)F)cc2)N1. The molecule has 0 spiro atoms. The van der Waals surface area contributed by atoms with Crippen molar-refractivity contribution in [3.05, 3.63) is 29.8 Å². The van der Waals surface area contributed by atoms with E-state index in [9.17, 15) is 8.78 Å². The van der Waals surface area contributed by atoms with Gasteiger partial charge in [0.15, 0.2) is 0 Å². The van der Waals surface area contributed by atoms with Gasteiger partial charge in [-0.3, -0.25) is 5.32 Å². The van der Waals surface area contributed by atoms with E-state index in [2.05, 4.69) is 17.0 Å². The van der Waals surface area contributed by atoms with E-state index >= 15 is 0 Å². The van der Waals surface area contributed by atoms with Crippen LogP contribution in [-0.2, 0) is 0 Å². The van der Waals surface area contributed by atoms with Gasteiger partial charge in [-0.05, 0) is 24.6 Å². The second-order valence-electron chi connectivity index (χ2n) is 3.73. The maximum atomic E-state index is 11.9. The Morgan fingerprint density at radius 2 is 2.06 bits per heavy atom. The largest absolute Gasteiger partial charge is 0.435 e. The topological polar surface area (TPSA) is 21.3 Å². The summed E-state index contributed by atoms with van der Waals surface area (Å²) in [7, 11) is 0. The first-order chi connectivity index (χ1) is 7.65. The van der Waals surface area contributed by atoms with Gasteiger partial charge >= 0.3 is 6.61 Å². The quantitative estimate of drug-likeness (QED) is 0.884. The van der Waals surface area contributed by atoms with Gasteiger partial charge in [-0.2, -0.15) is 8.78 Å². The number of rotatable bonds is 3. The fourth-order valence-electron chi connectivity index (χ4n) is 1.61. The second-order valence-corrected chi connectivity index (χ2v) is 4.87. The van der Waals surface area contributed by atoms with Gasteiger partial charge in [0.05, 0.1) is 5.37 Å². The average molecular weight is 245 g/mol. The number of alkyl halides is 2. The first-order valence-corrected chi connectivity index (χ1v) is 6.12. The smallest absolute Gasteiger partial charge is 0.387 e. The molecule has 1 aliphatic rings. The van der Waals surface area contributed by atoms with Crippen LogP contribution in [0.5, 0.6) is 5.75 Å². The Morgan fingerprint density at radius 3 is 2.56 bits per heavy atom. The molecule has 2 unspecified atom stereocenters. The molecular formula is C11H13F2NOS. The second kappa shape index (κ2) is 5.01. The zero-order valence-electron chi connectivity index (χ0n) is 8.82.